The zero-order valence-electron chi connectivity index (χ0n) is 20.7. The lowest BCUT2D eigenvalue weighted by molar-refractivity contribution is -0.135. The van der Waals surface area contributed by atoms with Crippen LogP contribution in [0.4, 0.5) is 4.39 Å². The Morgan fingerprint density at radius 2 is 1.86 bits per heavy atom. The van der Waals surface area contributed by atoms with Gasteiger partial charge in [-0.3, -0.25) is 4.79 Å². The van der Waals surface area contributed by atoms with Crippen LogP contribution in [0.2, 0.25) is 0 Å². The number of sulfonamides is 1. The van der Waals surface area contributed by atoms with Gasteiger partial charge in [0.05, 0.1) is 17.5 Å². The van der Waals surface area contributed by atoms with Crippen LogP contribution in [0.5, 0.6) is 5.75 Å². The number of fused-ring (bicyclic) bond motifs is 1. The molecule has 3 aromatic rings. The van der Waals surface area contributed by atoms with Gasteiger partial charge in [0.2, 0.25) is 15.9 Å². The molecule has 2 atom stereocenters. The van der Waals surface area contributed by atoms with Crippen LogP contribution in [0.3, 0.4) is 0 Å². The first-order valence-corrected chi connectivity index (χ1v) is 14.3. The summed E-state index contributed by atoms with van der Waals surface area (Å²) in [5.74, 6) is -0.110. The summed E-state index contributed by atoms with van der Waals surface area (Å²) in [7, 11) is -3.87. The third-order valence-corrected chi connectivity index (χ3v) is 9.61. The number of nitrogens with zero attached hydrogens (tertiary/aromatic N) is 2. The molecule has 0 bridgehead atoms. The predicted molar refractivity (Wildman–Crippen MR) is 139 cm³/mol. The van der Waals surface area contributed by atoms with E-state index in [-0.39, 0.29) is 41.9 Å². The second-order valence-electron chi connectivity index (χ2n) is 9.04. The highest BCUT2D eigenvalue weighted by atomic mass is 32.2. The molecule has 0 saturated carbocycles. The molecule has 1 amide bonds. The zero-order chi connectivity index (χ0) is 25.9. The maximum atomic E-state index is 13.7. The normalized spacial score (nSPS) is 16.6. The number of aryl methyl sites for hydroxylation is 1. The lowest BCUT2D eigenvalue weighted by Crippen LogP contribution is -2.49. The minimum atomic E-state index is -3.87. The van der Waals surface area contributed by atoms with Gasteiger partial charge in [0.25, 0.3) is 0 Å². The van der Waals surface area contributed by atoms with Crippen molar-refractivity contribution in [3.05, 3.63) is 81.8 Å². The number of thiophene rings is 1. The van der Waals surface area contributed by atoms with E-state index in [2.05, 4.69) is 0 Å². The van der Waals surface area contributed by atoms with Crippen LogP contribution in [0.25, 0.3) is 0 Å². The molecule has 0 spiro atoms. The minimum absolute atomic E-state index is 0.177. The Morgan fingerprint density at radius 1 is 1.17 bits per heavy atom. The van der Waals surface area contributed by atoms with Gasteiger partial charge >= 0.3 is 0 Å². The van der Waals surface area contributed by atoms with E-state index in [4.69, 9.17) is 4.74 Å². The monoisotopic (exact) mass is 530 g/mol. The smallest absolute Gasteiger partial charge is 0.243 e. The largest absolute Gasteiger partial charge is 0.491 e. The van der Waals surface area contributed by atoms with Crippen molar-refractivity contribution < 1.29 is 22.3 Å². The molecule has 1 aliphatic heterocycles. The Hall–Kier alpha value is -2.75. The number of amides is 1. The molecule has 9 heteroatoms. The Bertz CT molecular complexity index is 1290. The van der Waals surface area contributed by atoms with E-state index < -0.39 is 10.0 Å². The van der Waals surface area contributed by atoms with Crippen LogP contribution in [0.15, 0.2) is 64.9 Å². The number of hydrogen-bond acceptors (Lipinski definition) is 5. The van der Waals surface area contributed by atoms with Crippen molar-refractivity contribution >= 4 is 27.3 Å². The summed E-state index contributed by atoms with van der Waals surface area (Å²) in [6, 6.07) is 13.7. The Morgan fingerprint density at radius 3 is 2.53 bits per heavy atom. The van der Waals surface area contributed by atoms with Gasteiger partial charge in [0.15, 0.2) is 0 Å². The summed E-state index contributed by atoms with van der Waals surface area (Å²) in [5, 5.41) is 2.00. The summed E-state index contributed by atoms with van der Waals surface area (Å²) < 4.78 is 47.6. The van der Waals surface area contributed by atoms with Crippen molar-refractivity contribution in [2.45, 2.75) is 50.6 Å². The molecule has 2 aromatic carbocycles. The molecule has 0 aliphatic carbocycles. The van der Waals surface area contributed by atoms with Crippen molar-refractivity contribution in [3.8, 4) is 5.75 Å². The molecule has 0 radical (unpaired) electrons. The Balaban J connectivity index is 1.58. The quantitative estimate of drug-likeness (QED) is 0.382. The number of hydrogen-bond donors (Lipinski definition) is 0. The Kier molecular flexibility index (Phi) is 8.12. The summed E-state index contributed by atoms with van der Waals surface area (Å²) in [6.45, 7) is 6.04. The van der Waals surface area contributed by atoms with E-state index in [1.807, 2.05) is 32.2 Å². The molecule has 1 aromatic heterocycles. The molecule has 36 heavy (non-hydrogen) atoms. The molecular formula is C27H31FN2O4S2. The number of carbonyl (C=O) groups excluding carboxylic acids is 1. The summed E-state index contributed by atoms with van der Waals surface area (Å²) in [5.41, 5.74) is 1.97. The van der Waals surface area contributed by atoms with Gasteiger partial charge in [0.1, 0.15) is 18.2 Å². The maximum absolute atomic E-state index is 13.7. The standard InChI is InChI=1S/C27H31FN2O4S2/c1-4-20(3)30(36(32,33)23-11-5-19(2)6-12-23)17-27(31)29-15-13-26-24(14-16-35-26)25(29)18-34-22-9-7-21(28)8-10-22/h5-12,14,16,20,25H,4,13,15,17-18H2,1-3H3/t20-,25+/m1/s1. The lowest BCUT2D eigenvalue weighted by atomic mass is 10.0. The third-order valence-electron chi connectivity index (χ3n) is 6.64. The third kappa shape index (κ3) is 5.63. The highest BCUT2D eigenvalue weighted by Gasteiger charge is 2.36. The van der Waals surface area contributed by atoms with E-state index in [1.165, 1.54) is 21.3 Å². The van der Waals surface area contributed by atoms with Crippen LogP contribution in [-0.2, 0) is 21.2 Å². The maximum Gasteiger partial charge on any atom is 0.243 e. The SMILES string of the molecule is CC[C@@H](C)N(CC(=O)N1CCc2sccc2[C@@H]1COc1ccc(F)cc1)S(=O)(=O)c1ccc(C)cc1. The highest BCUT2D eigenvalue weighted by Crippen LogP contribution is 2.34. The van der Waals surface area contributed by atoms with E-state index in [0.717, 1.165) is 11.1 Å². The van der Waals surface area contributed by atoms with E-state index in [0.29, 0.717) is 25.1 Å². The van der Waals surface area contributed by atoms with Crippen LogP contribution in [-0.4, -0.2) is 49.3 Å². The number of rotatable bonds is 9. The fourth-order valence-corrected chi connectivity index (χ4v) is 6.91. The topological polar surface area (TPSA) is 66.9 Å². The first-order valence-electron chi connectivity index (χ1n) is 12.0. The molecule has 6 nitrogen and oxygen atoms in total. The van der Waals surface area contributed by atoms with Crippen LogP contribution < -0.4 is 4.74 Å². The van der Waals surface area contributed by atoms with Crippen molar-refractivity contribution in [2.75, 3.05) is 19.7 Å². The molecule has 0 saturated heterocycles. The molecule has 192 valence electrons. The minimum Gasteiger partial charge on any atom is -0.491 e. The van der Waals surface area contributed by atoms with Crippen LogP contribution >= 0.6 is 11.3 Å². The molecule has 0 unspecified atom stereocenters. The molecule has 0 fully saturated rings. The molecule has 4 rings (SSSR count). The molecule has 1 aliphatic rings. The van der Waals surface area contributed by atoms with Gasteiger partial charge in [0, 0.05) is 17.5 Å². The van der Waals surface area contributed by atoms with Crippen LogP contribution in [0.1, 0.15) is 42.3 Å². The van der Waals surface area contributed by atoms with Gasteiger partial charge < -0.3 is 9.64 Å². The lowest BCUT2D eigenvalue weighted by Gasteiger charge is -2.37. The van der Waals surface area contributed by atoms with E-state index in [1.54, 1.807) is 52.6 Å². The van der Waals surface area contributed by atoms with Crippen molar-refractivity contribution in [1.29, 1.82) is 0 Å². The first-order chi connectivity index (χ1) is 17.2. The van der Waals surface area contributed by atoms with Crippen molar-refractivity contribution in [3.63, 3.8) is 0 Å². The van der Waals surface area contributed by atoms with Gasteiger partial charge in [-0.1, -0.05) is 24.6 Å². The number of carbonyl (C=O) groups is 1. The fourth-order valence-electron chi connectivity index (χ4n) is 4.33. The summed E-state index contributed by atoms with van der Waals surface area (Å²) in [4.78, 5) is 16.8. The molecule has 2 heterocycles. The first kappa shape index (κ1) is 26.3. The number of ether oxygens (including phenoxy) is 1. The second-order valence-corrected chi connectivity index (χ2v) is 11.9. The summed E-state index contributed by atoms with van der Waals surface area (Å²) in [6.07, 6.45) is 1.28. The Labute approximate surface area is 216 Å². The van der Waals surface area contributed by atoms with Crippen LogP contribution in [0, 0.1) is 12.7 Å². The molecule has 0 N–H and O–H groups in total. The van der Waals surface area contributed by atoms with Gasteiger partial charge in [-0.25, -0.2) is 12.8 Å². The summed E-state index contributed by atoms with van der Waals surface area (Å²) >= 11 is 1.64. The van der Waals surface area contributed by atoms with E-state index in [9.17, 15) is 17.6 Å². The fraction of sp³-hybridized carbons (Fsp3) is 0.370. The highest BCUT2D eigenvalue weighted by molar-refractivity contribution is 7.89. The second kappa shape index (κ2) is 11.1. The number of benzene rings is 2. The van der Waals surface area contributed by atoms with E-state index >= 15 is 0 Å². The average molecular weight is 531 g/mol. The van der Waals surface area contributed by atoms with Gasteiger partial charge in [-0.2, -0.15) is 4.31 Å². The van der Waals surface area contributed by atoms with Crippen molar-refractivity contribution in [2.24, 2.45) is 0 Å². The molecular weight excluding hydrogens is 499 g/mol. The zero-order valence-corrected chi connectivity index (χ0v) is 22.3. The van der Waals surface area contributed by atoms with Gasteiger partial charge in [-0.05, 0) is 80.1 Å². The predicted octanol–water partition coefficient (Wildman–Crippen LogP) is 5.19. The van der Waals surface area contributed by atoms with Crippen molar-refractivity contribution in [1.82, 2.24) is 9.21 Å². The number of halogens is 1. The van der Waals surface area contributed by atoms with Gasteiger partial charge in [-0.15, -0.1) is 11.3 Å². The average Bonchev–Trinajstić information content (AvgIpc) is 3.35.